The standard InChI is InChI=1S/C38H56N8O6/c1-41-15-19-43(20-16-41)11-7-13-45-35(47)27-25-30(40-10-6-24-52-4)34-32-28(26-29(39-9-5-23-51-3)33(31(27)32)37(45)49)36(48)46(38(34)50)14-8-12-44-21-17-42(2)18-22-44/h25-26,39-40H,5-24H2,1-4H3. The molecule has 4 amide bonds. The minimum absolute atomic E-state index is 0.271. The van der Waals surface area contributed by atoms with Gasteiger partial charge >= 0.3 is 0 Å². The third kappa shape index (κ3) is 8.12. The normalized spacial score (nSPS) is 19.0. The number of benzene rings is 2. The molecule has 2 N–H and O–H groups in total. The number of methoxy groups -OCH3 is 2. The van der Waals surface area contributed by atoms with Gasteiger partial charge in [0.15, 0.2) is 0 Å². The van der Waals surface area contributed by atoms with Crippen molar-refractivity contribution in [1.82, 2.24) is 29.4 Å². The highest BCUT2D eigenvalue weighted by Crippen LogP contribution is 2.44. The Bertz CT molecular complexity index is 1520. The lowest BCUT2D eigenvalue weighted by Crippen LogP contribution is -2.47. The summed E-state index contributed by atoms with van der Waals surface area (Å²) in [5.41, 5.74) is 2.31. The molecule has 6 rings (SSSR count). The molecule has 14 nitrogen and oxygen atoms in total. The van der Waals surface area contributed by atoms with Gasteiger partial charge in [-0.2, -0.15) is 0 Å². The maximum atomic E-state index is 14.4. The van der Waals surface area contributed by atoms with Gasteiger partial charge in [-0.15, -0.1) is 0 Å². The molecule has 0 spiro atoms. The highest BCUT2D eigenvalue weighted by Gasteiger charge is 2.42. The number of anilines is 2. The van der Waals surface area contributed by atoms with E-state index in [-0.39, 0.29) is 13.1 Å². The van der Waals surface area contributed by atoms with Crippen molar-refractivity contribution in [1.29, 1.82) is 0 Å². The second-order valence-electron chi connectivity index (χ2n) is 14.5. The number of carbonyl (C=O) groups is 4. The van der Waals surface area contributed by atoms with E-state index >= 15 is 0 Å². The summed E-state index contributed by atoms with van der Waals surface area (Å²) in [6, 6.07) is 3.45. The van der Waals surface area contributed by atoms with Crippen molar-refractivity contribution < 1.29 is 28.7 Å². The summed E-state index contributed by atoms with van der Waals surface area (Å²) < 4.78 is 10.5. The molecule has 0 unspecified atom stereocenters. The van der Waals surface area contributed by atoms with Crippen molar-refractivity contribution in [2.45, 2.75) is 25.7 Å². The zero-order chi connectivity index (χ0) is 36.8. The maximum absolute atomic E-state index is 14.4. The Morgan fingerprint density at radius 1 is 0.538 bits per heavy atom. The number of imide groups is 2. The number of rotatable bonds is 18. The summed E-state index contributed by atoms with van der Waals surface area (Å²) in [6.45, 7) is 11.9. The van der Waals surface area contributed by atoms with Crippen LogP contribution in [0.5, 0.6) is 0 Å². The summed E-state index contributed by atoms with van der Waals surface area (Å²) >= 11 is 0. The minimum Gasteiger partial charge on any atom is -0.385 e. The number of carbonyl (C=O) groups excluding carboxylic acids is 4. The molecule has 0 radical (unpaired) electrons. The minimum atomic E-state index is -0.405. The lowest BCUT2D eigenvalue weighted by Gasteiger charge is -2.36. The fourth-order valence-electron chi connectivity index (χ4n) is 7.77. The van der Waals surface area contributed by atoms with Gasteiger partial charge in [0, 0.05) is 128 Å². The Morgan fingerprint density at radius 3 is 1.29 bits per heavy atom. The van der Waals surface area contributed by atoms with Gasteiger partial charge in [-0.25, -0.2) is 0 Å². The first kappa shape index (κ1) is 38.1. The molecule has 2 aromatic carbocycles. The molecule has 2 fully saturated rings. The van der Waals surface area contributed by atoms with Crippen LogP contribution in [-0.4, -0.2) is 186 Å². The van der Waals surface area contributed by atoms with Crippen LogP contribution in [0.15, 0.2) is 12.1 Å². The number of ether oxygens (including phenoxy) is 2. The average Bonchev–Trinajstić information content (AvgIpc) is 3.14. The number of hydrogen-bond donors (Lipinski definition) is 2. The van der Waals surface area contributed by atoms with Crippen LogP contribution in [0, 0.1) is 0 Å². The van der Waals surface area contributed by atoms with Crippen LogP contribution < -0.4 is 10.6 Å². The van der Waals surface area contributed by atoms with Crippen molar-refractivity contribution in [2.24, 2.45) is 0 Å². The molecule has 4 heterocycles. The van der Waals surface area contributed by atoms with E-state index in [1.807, 2.05) is 0 Å². The summed E-state index contributed by atoms with van der Waals surface area (Å²) in [6.07, 6.45) is 2.65. The molecule has 4 aliphatic rings. The highest BCUT2D eigenvalue weighted by atomic mass is 16.5. The Kier molecular flexibility index (Phi) is 12.8. The highest BCUT2D eigenvalue weighted by molar-refractivity contribution is 6.36. The van der Waals surface area contributed by atoms with Crippen LogP contribution in [0.2, 0.25) is 0 Å². The number of nitrogens with zero attached hydrogens (tertiary/aromatic N) is 6. The summed E-state index contributed by atoms with van der Waals surface area (Å²) in [4.78, 5) is 69.7. The zero-order valence-electron chi connectivity index (χ0n) is 31.4. The van der Waals surface area contributed by atoms with Crippen molar-refractivity contribution in [3.63, 3.8) is 0 Å². The Labute approximate surface area is 307 Å². The molecule has 14 heteroatoms. The van der Waals surface area contributed by atoms with Crippen LogP contribution in [-0.2, 0) is 9.47 Å². The molecular weight excluding hydrogens is 664 g/mol. The fourth-order valence-corrected chi connectivity index (χ4v) is 7.77. The van der Waals surface area contributed by atoms with E-state index in [1.165, 1.54) is 9.80 Å². The number of amides is 4. The largest absolute Gasteiger partial charge is 0.385 e. The van der Waals surface area contributed by atoms with Crippen LogP contribution in [0.3, 0.4) is 0 Å². The van der Waals surface area contributed by atoms with Crippen molar-refractivity contribution in [2.75, 3.05) is 144 Å². The summed E-state index contributed by atoms with van der Waals surface area (Å²) in [7, 11) is 7.52. The third-order valence-corrected chi connectivity index (χ3v) is 10.9. The van der Waals surface area contributed by atoms with Gasteiger partial charge in [-0.1, -0.05) is 0 Å². The molecule has 284 valence electrons. The SMILES string of the molecule is COCCCNc1cc2c3c(c(NCCCOC)cc4c3c1C(=O)N(CCCN1CCN(C)CC1)C4=O)C(=O)N(CCCN1CCN(C)CC1)C2=O. The number of piperazine rings is 2. The molecule has 2 aromatic rings. The van der Waals surface area contributed by atoms with E-state index in [4.69, 9.17) is 9.47 Å². The molecule has 0 bridgehead atoms. The lowest BCUT2D eigenvalue weighted by atomic mass is 9.83. The topological polar surface area (TPSA) is 130 Å². The first-order valence-corrected chi connectivity index (χ1v) is 18.9. The Hall–Kier alpha value is -3.66. The number of hydrogen-bond acceptors (Lipinski definition) is 12. The van der Waals surface area contributed by atoms with Gasteiger partial charge in [0.05, 0.1) is 22.3 Å². The van der Waals surface area contributed by atoms with Crippen molar-refractivity contribution >= 4 is 45.8 Å². The smallest absolute Gasteiger partial charge is 0.263 e. The molecule has 52 heavy (non-hydrogen) atoms. The predicted octanol–water partition coefficient (Wildman–Crippen LogP) is 2.20. The average molecular weight is 721 g/mol. The summed E-state index contributed by atoms with van der Waals surface area (Å²) in [5, 5.41) is 7.57. The number of likely N-dealkylation sites (N-methyl/N-ethyl adjacent to an activating group) is 2. The predicted molar refractivity (Wildman–Crippen MR) is 202 cm³/mol. The van der Waals surface area contributed by atoms with Gasteiger partial charge in [-0.05, 0) is 65.0 Å². The first-order chi connectivity index (χ1) is 25.2. The Morgan fingerprint density at radius 2 is 0.923 bits per heavy atom. The molecule has 4 aliphatic heterocycles. The fraction of sp³-hybridized carbons (Fsp3) is 0.632. The second-order valence-corrected chi connectivity index (χ2v) is 14.5. The van der Waals surface area contributed by atoms with Gasteiger partial charge in [0.2, 0.25) is 0 Å². The van der Waals surface area contributed by atoms with E-state index in [9.17, 15) is 19.2 Å². The van der Waals surface area contributed by atoms with Gasteiger partial charge in [0.1, 0.15) is 0 Å². The van der Waals surface area contributed by atoms with E-state index in [1.54, 1.807) is 26.4 Å². The van der Waals surface area contributed by atoms with Crippen molar-refractivity contribution in [3.8, 4) is 0 Å². The van der Waals surface area contributed by atoms with Crippen LogP contribution in [0.25, 0.3) is 10.8 Å². The Balaban J connectivity index is 1.36. The van der Waals surface area contributed by atoms with Gasteiger partial charge in [-0.3, -0.25) is 29.0 Å². The molecule has 0 aromatic heterocycles. The molecular formula is C38H56N8O6. The zero-order valence-corrected chi connectivity index (χ0v) is 31.4. The lowest BCUT2D eigenvalue weighted by molar-refractivity contribution is 0.0579. The van der Waals surface area contributed by atoms with Crippen LogP contribution in [0.1, 0.15) is 67.1 Å². The monoisotopic (exact) mass is 720 g/mol. The van der Waals surface area contributed by atoms with E-state index in [0.29, 0.717) is 96.4 Å². The van der Waals surface area contributed by atoms with Gasteiger partial charge in [0.25, 0.3) is 23.6 Å². The van der Waals surface area contributed by atoms with E-state index in [2.05, 4.69) is 44.3 Å². The number of nitrogens with one attached hydrogen (secondary N) is 2. The molecule has 0 aliphatic carbocycles. The molecule has 0 atom stereocenters. The third-order valence-electron chi connectivity index (χ3n) is 10.9. The van der Waals surface area contributed by atoms with Gasteiger partial charge < -0.3 is 39.7 Å². The summed E-state index contributed by atoms with van der Waals surface area (Å²) in [5.74, 6) is -1.62. The van der Waals surface area contributed by atoms with Crippen molar-refractivity contribution in [3.05, 3.63) is 34.4 Å². The quantitative estimate of drug-likeness (QED) is 0.173. The van der Waals surface area contributed by atoms with E-state index in [0.717, 1.165) is 65.4 Å². The maximum Gasteiger partial charge on any atom is 0.263 e. The molecule has 0 saturated carbocycles. The second kappa shape index (κ2) is 17.4. The van der Waals surface area contributed by atoms with Crippen LogP contribution >= 0.6 is 0 Å². The van der Waals surface area contributed by atoms with E-state index < -0.39 is 23.6 Å². The molecule has 2 saturated heterocycles. The van der Waals surface area contributed by atoms with Crippen LogP contribution in [0.4, 0.5) is 11.4 Å². The first-order valence-electron chi connectivity index (χ1n) is 18.9.